The first-order valence-electron chi connectivity index (χ1n) is 6.38. The van der Waals surface area contributed by atoms with Crippen molar-refractivity contribution in [2.75, 3.05) is 13.1 Å². The molecule has 0 bridgehead atoms. The summed E-state index contributed by atoms with van der Waals surface area (Å²) in [6, 6.07) is 4.98. The largest absolute Gasteiger partial charge is 0.342 e. The van der Waals surface area contributed by atoms with Crippen LogP contribution in [0.1, 0.15) is 20.8 Å². The molecule has 1 aromatic rings. The van der Waals surface area contributed by atoms with Gasteiger partial charge in [0.2, 0.25) is 15.9 Å². The minimum atomic E-state index is -3.73. The lowest BCUT2D eigenvalue weighted by Gasteiger charge is -2.23. The summed E-state index contributed by atoms with van der Waals surface area (Å²) in [6.07, 6.45) is 0. The molecule has 0 unspecified atom stereocenters. The predicted octanol–water partition coefficient (Wildman–Crippen LogP) is 1.88. The molecule has 1 amide bonds. The minimum absolute atomic E-state index is 0.0843. The van der Waals surface area contributed by atoms with Gasteiger partial charge in [-0.2, -0.15) is 4.72 Å². The van der Waals surface area contributed by atoms with Crippen LogP contribution in [0, 0.1) is 0 Å². The van der Waals surface area contributed by atoms with Crippen LogP contribution in [0.25, 0.3) is 0 Å². The first kappa shape index (κ1) is 16.9. The Balaban J connectivity index is 2.85. The van der Waals surface area contributed by atoms with Gasteiger partial charge in [-0.25, -0.2) is 8.42 Å². The Labute approximate surface area is 125 Å². The normalized spacial score (nSPS) is 13.0. The highest BCUT2D eigenvalue weighted by molar-refractivity contribution is 7.89. The van der Waals surface area contributed by atoms with Crippen molar-refractivity contribution in [2.24, 2.45) is 0 Å². The second-order valence-electron chi connectivity index (χ2n) is 4.31. The molecule has 1 aromatic carbocycles. The Bertz CT molecular complexity index is 553. The van der Waals surface area contributed by atoms with Crippen LogP contribution < -0.4 is 4.72 Å². The van der Waals surface area contributed by atoms with E-state index in [1.54, 1.807) is 4.90 Å². The maximum Gasteiger partial charge on any atom is 0.241 e. The molecule has 1 N–H and O–H groups in total. The average Bonchev–Trinajstić information content (AvgIpc) is 2.40. The van der Waals surface area contributed by atoms with E-state index < -0.39 is 16.1 Å². The third kappa shape index (κ3) is 4.19. The molecule has 7 heteroatoms. The Hall–Kier alpha value is -1.11. The van der Waals surface area contributed by atoms with Gasteiger partial charge in [0.1, 0.15) is 0 Å². The summed E-state index contributed by atoms with van der Waals surface area (Å²) >= 11 is 5.72. The van der Waals surface area contributed by atoms with Crippen molar-refractivity contribution in [3.8, 4) is 0 Å². The first-order valence-corrected chi connectivity index (χ1v) is 8.24. The molecule has 5 nitrogen and oxygen atoms in total. The Kier molecular flexibility index (Phi) is 5.98. The van der Waals surface area contributed by atoms with Crippen LogP contribution >= 0.6 is 11.6 Å². The molecule has 0 aromatic heterocycles. The highest BCUT2D eigenvalue weighted by Crippen LogP contribution is 2.14. The van der Waals surface area contributed by atoms with Gasteiger partial charge in [0, 0.05) is 18.1 Å². The molecular weight excluding hydrogens is 300 g/mol. The third-order valence-corrected chi connectivity index (χ3v) is 4.71. The Morgan fingerprint density at radius 2 is 1.75 bits per heavy atom. The summed E-state index contributed by atoms with van der Waals surface area (Å²) in [5.41, 5.74) is 0. The molecule has 0 saturated carbocycles. The summed E-state index contributed by atoms with van der Waals surface area (Å²) in [5.74, 6) is -0.243. The van der Waals surface area contributed by atoms with Gasteiger partial charge >= 0.3 is 0 Å². The van der Waals surface area contributed by atoms with E-state index in [1.165, 1.54) is 31.2 Å². The topological polar surface area (TPSA) is 66.5 Å². The van der Waals surface area contributed by atoms with E-state index in [-0.39, 0.29) is 10.8 Å². The average molecular weight is 319 g/mol. The highest BCUT2D eigenvalue weighted by atomic mass is 35.5. The van der Waals surface area contributed by atoms with E-state index >= 15 is 0 Å². The van der Waals surface area contributed by atoms with Crippen molar-refractivity contribution in [3.63, 3.8) is 0 Å². The minimum Gasteiger partial charge on any atom is -0.342 e. The second kappa shape index (κ2) is 7.06. The number of amides is 1. The third-order valence-electron chi connectivity index (χ3n) is 2.90. The maximum atomic E-state index is 12.1. The van der Waals surface area contributed by atoms with Gasteiger partial charge in [0.25, 0.3) is 0 Å². The van der Waals surface area contributed by atoms with Gasteiger partial charge in [-0.1, -0.05) is 11.6 Å². The maximum absolute atomic E-state index is 12.1. The quantitative estimate of drug-likeness (QED) is 0.871. The number of carbonyl (C=O) groups is 1. The number of nitrogens with zero attached hydrogens (tertiary/aromatic N) is 1. The number of hydrogen-bond donors (Lipinski definition) is 1. The van der Waals surface area contributed by atoms with Crippen molar-refractivity contribution in [1.29, 1.82) is 0 Å². The molecule has 0 radical (unpaired) electrons. The molecule has 0 fully saturated rings. The molecular formula is C13H19ClN2O3S. The highest BCUT2D eigenvalue weighted by Gasteiger charge is 2.24. The van der Waals surface area contributed by atoms with Crippen LogP contribution in [0.3, 0.4) is 0 Å². The lowest BCUT2D eigenvalue weighted by molar-refractivity contribution is -0.132. The molecule has 0 heterocycles. The predicted molar refractivity (Wildman–Crippen MR) is 79.2 cm³/mol. The SMILES string of the molecule is CCN(CC)C(=O)[C@@H](C)NS(=O)(=O)c1ccc(Cl)cc1. The van der Waals surface area contributed by atoms with Crippen LogP contribution in [0.4, 0.5) is 0 Å². The van der Waals surface area contributed by atoms with Crippen molar-refractivity contribution < 1.29 is 13.2 Å². The van der Waals surface area contributed by atoms with Crippen molar-refractivity contribution in [3.05, 3.63) is 29.3 Å². The van der Waals surface area contributed by atoms with E-state index in [4.69, 9.17) is 11.6 Å². The lowest BCUT2D eigenvalue weighted by Crippen LogP contribution is -2.46. The van der Waals surface area contributed by atoms with Crippen LogP contribution in [-0.4, -0.2) is 38.4 Å². The summed E-state index contributed by atoms with van der Waals surface area (Å²) in [5, 5.41) is 0.455. The van der Waals surface area contributed by atoms with Crippen LogP contribution in [0.15, 0.2) is 29.2 Å². The van der Waals surface area contributed by atoms with E-state index in [0.717, 1.165) is 0 Å². The number of carbonyl (C=O) groups excluding carboxylic acids is 1. The van der Waals surface area contributed by atoms with E-state index in [0.29, 0.717) is 18.1 Å². The van der Waals surface area contributed by atoms with Gasteiger partial charge in [-0.05, 0) is 45.0 Å². The van der Waals surface area contributed by atoms with Crippen LogP contribution in [0.2, 0.25) is 5.02 Å². The summed E-state index contributed by atoms with van der Waals surface area (Å²) in [4.78, 5) is 13.7. The zero-order chi connectivity index (χ0) is 15.3. The number of hydrogen-bond acceptors (Lipinski definition) is 3. The smallest absolute Gasteiger partial charge is 0.241 e. The van der Waals surface area contributed by atoms with Gasteiger partial charge in [-0.15, -0.1) is 0 Å². The monoisotopic (exact) mass is 318 g/mol. The standard InChI is InChI=1S/C13H19ClN2O3S/c1-4-16(5-2)13(17)10(3)15-20(18,19)12-8-6-11(14)7-9-12/h6-10,15H,4-5H2,1-3H3/t10-/m1/s1. The van der Waals surface area contributed by atoms with E-state index in [2.05, 4.69) is 4.72 Å². The Morgan fingerprint density at radius 3 is 2.20 bits per heavy atom. The fraction of sp³-hybridized carbons (Fsp3) is 0.462. The number of nitrogens with one attached hydrogen (secondary N) is 1. The molecule has 20 heavy (non-hydrogen) atoms. The Morgan fingerprint density at radius 1 is 1.25 bits per heavy atom. The molecule has 1 atom stereocenters. The second-order valence-corrected chi connectivity index (χ2v) is 6.46. The molecule has 0 spiro atoms. The van der Waals surface area contributed by atoms with Crippen molar-refractivity contribution in [2.45, 2.75) is 31.7 Å². The van der Waals surface area contributed by atoms with Gasteiger partial charge < -0.3 is 4.90 Å². The lowest BCUT2D eigenvalue weighted by atomic mass is 10.3. The van der Waals surface area contributed by atoms with Crippen LogP contribution in [0.5, 0.6) is 0 Å². The van der Waals surface area contributed by atoms with E-state index in [9.17, 15) is 13.2 Å². The summed E-state index contributed by atoms with van der Waals surface area (Å²) < 4.78 is 26.6. The zero-order valence-corrected chi connectivity index (χ0v) is 13.3. The van der Waals surface area contributed by atoms with E-state index in [1.807, 2.05) is 13.8 Å². The molecule has 0 saturated heterocycles. The molecule has 112 valence electrons. The van der Waals surface area contributed by atoms with Crippen LogP contribution in [-0.2, 0) is 14.8 Å². The first-order chi connectivity index (χ1) is 9.31. The number of rotatable bonds is 6. The fourth-order valence-corrected chi connectivity index (χ4v) is 3.10. The fourth-order valence-electron chi connectivity index (χ4n) is 1.77. The zero-order valence-electron chi connectivity index (χ0n) is 11.8. The van der Waals surface area contributed by atoms with Crippen molar-refractivity contribution in [1.82, 2.24) is 9.62 Å². The van der Waals surface area contributed by atoms with Gasteiger partial charge in [-0.3, -0.25) is 4.79 Å². The number of halogens is 1. The molecule has 0 aliphatic carbocycles. The summed E-state index contributed by atoms with van der Waals surface area (Å²) in [7, 11) is -3.73. The molecule has 0 aliphatic rings. The molecule has 0 aliphatic heterocycles. The van der Waals surface area contributed by atoms with Crippen molar-refractivity contribution >= 4 is 27.5 Å². The van der Waals surface area contributed by atoms with Gasteiger partial charge in [0.05, 0.1) is 10.9 Å². The van der Waals surface area contributed by atoms with Gasteiger partial charge in [0.15, 0.2) is 0 Å². The summed E-state index contributed by atoms with van der Waals surface area (Å²) in [6.45, 7) is 6.32. The number of likely N-dealkylation sites (N-methyl/N-ethyl adjacent to an activating group) is 1. The number of sulfonamides is 1. The number of benzene rings is 1. The molecule has 1 rings (SSSR count).